The standard InChI is InChI=1S/C20H38N6O2.HI/c1-4-11-20(28,12-5-2)16-23-18(21-6-3)22-13-9-15-26-19(27)25-14-8-7-10-17(25)24-26;/h28H,4-16H2,1-3H3,(H2,21,22,23);1H. The van der Waals surface area contributed by atoms with Crippen LogP contribution in [0.15, 0.2) is 9.79 Å². The second-order valence-electron chi connectivity index (χ2n) is 7.73. The van der Waals surface area contributed by atoms with Crippen LogP contribution in [0.5, 0.6) is 0 Å². The predicted molar refractivity (Wildman–Crippen MR) is 128 cm³/mol. The van der Waals surface area contributed by atoms with E-state index in [1.54, 1.807) is 4.68 Å². The molecule has 1 aliphatic heterocycles. The van der Waals surface area contributed by atoms with Crippen LogP contribution in [-0.4, -0.2) is 50.6 Å². The van der Waals surface area contributed by atoms with Gasteiger partial charge in [-0.25, -0.2) is 9.48 Å². The number of guanidine groups is 1. The minimum Gasteiger partial charge on any atom is -0.388 e. The van der Waals surface area contributed by atoms with Crippen LogP contribution in [0.2, 0.25) is 0 Å². The molecule has 9 heteroatoms. The number of aryl methyl sites for hydroxylation is 2. The Bertz CT molecular complexity index is 679. The van der Waals surface area contributed by atoms with Crippen LogP contribution in [0, 0.1) is 0 Å². The summed E-state index contributed by atoms with van der Waals surface area (Å²) in [6.45, 7) is 9.45. The highest BCUT2D eigenvalue weighted by atomic mass is 127. The molecule has 0 aromatic carbocycles. The number of nitrogens with zero attached hydrogens (tertiary/aromatic N) is 4. The third-order valence-electron chi connectivity index (χ3n) is 5.18. The lowest BCUT2D eigenvalue weighted by molar-refractivity contribution is 0.0306. The summed E-state index contributed by atoms with van der Waals surface area (Å²) in [7, 11) is 0. The predicted octanol–water partition coefficient (Wildman–Crippen LogP) is 2.28. The Balaban J connectivity index is 0.00000420. The number of aromatic nitrogens is 3. The number of hydrogen-bond acceptors (Lipinski definition) is 4. The van der Waals surface area contributed by atoms with Crippen molar-refractivity contribution in [1.82, 2.24) is 25.0 Å². The van der Waals surface area contributed by atoms with Crippen LogP contribution in [0.25, 0.3) is 0 Å². The summed E-state index contributed by atoms with van der Waals surface area (Å²) in [5.41, 5.74) is -0.714. The van der Waals surface area contributed by atoms with Gasteiger partial charge in [0.2, 0.25) is 0 Å². The molecule has 0 saturated heterocycles. The third-order valence-corrected chi connectivity index (χ3v) is 5.18. The molecule has 2 rings (SSSR count). The zero-order valence-electron chi connectivity index (χ0n) is 18.2. The first kappa shape index (κ1) is 25.9. The first-order valence-corrected chi connectivity index (χ1v) is 10.9. The molecule has 1 aromatic rings. The van der Waals surface area contributed by atoms with Crippen molar-refractivity contribution in [3.05, 3.63) is 16.3 Å². The summed E-state index contributed by atoms with van der Waals surface area (Å²) in [5, 5.41) is 21.8. The Morgan fingerprint density at radius 1 is 1.21 bits per heavy atom. The van der Waals surface area contributed by atoms with Crippen molar-refractivity contribution in [1.29, 1.82) is 0 Å². The Morgan fingerprint density at radius 2 is 1.93 bits per heavy atom. The van der Waals surface area contributed by atoms with E-state index in [9.17, 15) is 9.90 Å². The molecule has 0 fully saturated rings. The molecule has 0 atom stereocenters. The molecule has 2 heterocycles. The first-order valence-electron chi connectivity index (χ1n) is 10.9. The molecule has 0 aliphatic carbocycles. The zero-order valence-corrected chi connectivity index (χ0v) is 20.6. The minimum atomic E-state index is -0.728. The lowest BCUT2D eigenvalue weighted by atomic mass is 9.93. The Labute approximate surface area is 191 Å². The smallest absolute Gasteiger partial charge is 0.345 e. The number of hydrogen-bond donors (Lipinski definition) is 3. The van der Waals surface area contributed by atoms with Gasteiger partial charge in [-0.3, -0.25) is 9.56 Å². The van der Waals surface area contributed by atoms with Gasteiger partial charge >= 0.3 is 5.69 Å². The number of fused-ring (bicyclic) bond motifs is 1. The third kappa shape index (κ3) is 7.92. The molecule has 1 aromatic heterocycles. The quantitative estimate of drug-likeness (QED) is 0.179. The molecule has 1 aliphatic rings. The van der Waals surface area contributed by atoms with Gasteiger partial charge in [0, 0.05) is 32.6 Å². The van der Waals surface area contributed by atoms with Gasteiger partial charge in [-0.1, -0.05) is 26.7 Å². The van der Waals surface area contributed by atoms with E-state index in [1.165, 1.54) is 0 Å². The lowest BCUT2D eigenvalue weighted by Gasteiger charge is -2.26. The highest BCUT2D eigenvalue weighted by molar-refractivity contribution is 14.0. The molecule has 0 bridgehead atoms. The number of halogens is 1. The summed E-state index contributed by atoms with van der Waals surface area (Å²) in [6.07, 6.45) is 7.27. The summed E-state index contributed by atoms with van der Waals surface area (Å²) < 4.78 is 3.40. The van der Waals surface area contributed by atoms with Gasteiger partial charge < -0.3 is 15.7 Å². The normalized spacial score (nSPS) is 14.3. The minimum absolute atomic E-state index is 0. The van der Waals surface area contributed by atoms with E-state index in [0.717, 1.165) is 70.3 Å². The summed E-state index contributed by atoms with van der Waals surface area (Å²) in [4.78, 5) is 17.0. The van der Waals surface area contributed by atoms with Crippen molar-refractivity contribution in [2.75, 3.05) is 19.6 Å². The Kier molecular flexibility index (Phi) is 11.9. The first-order chi connectivity index (χ1) is 13.5. The Hall–Kier alpha value is -1.10. The molecular weight excluding hydrogens is 483 g/mol. The molecule has 0 amide bonds. The van der Waals surface area contributed by atoms with E-state index in [0.29, 0.717) is 25.6 Å². The van der Waals surface area contributed by atoms with Crippen molar-refractivity contribution >= 4 is 29.9 Å². The number of aliphatic imine (C=N–C) groups is 1. The molecule has 0 unspecified atom stereocenters. The average Bonchev–Trinajstić information content (AvgIpc) is 3.00. The van der Waals surface area contributed by atoms with Gasteiger partial charge in [0.05, 0.1) is 12.1 Å². The monoisotopic (exact) mass is 522 g/mol. The van der Waals surface area contributed by atoms with Gasteiger partial charge in [0.1, 0.15) is 5.82 Å². The maximum atomic E-state index is 12.4. The SMILES string of the molecule is CCCC(O)(CCC)CN=C(NCC)NCCCn1nc2n(c1=O)CCCC2.I. The van der Waals surface area contributed by atoms with E-state index in [1.807, 2.05) is 11.5 Å². The summed E-state index contributed by atoms with van der Waals surface area (Å²) in [6, 6.07) is 0. The maximum absolute atomic E-state index is 12.4. The van der Waals surface area contributed by atoms with Crippen LogP contribution in [0.4, 0.5) is 0 Å². The fraction of sp³-hybridized carbons (Fsp3) is 0.850. The second-order valence-corrected chi connectivity index (χ2v) is 7.73. The molecule has 29 heavy (non-hydrogen) atoms. The van der Waals surface area contributed by atoms with Gasteiger partial charge in [-0.05, 0) is 39.0 Å². The molecule has 3 N–H and O–H groups in total. The molecule has 168 valence electrons. The Morgan fingerprint density at radius 3 is 2.55 bits per heavy atom. The highest BCUT2D eigenvalue weighted by Gasteiger charge is 2.24. The van der Waals surface area contributed by atoms with Gasteiger partial charge in [0.25, 0.3) is 0 Å². The van der Waals surface area contributed by atoms with Crippen LogP contribution in [-0.2, 0) is 19.5 Å². The molecule has 0 saturated carbocycles. The van der Waals surface area contributed by atoms with Crippen molar-refractivity contribution < 1.29 is 5.11 Å². The van der Waals surface area contributed by atoms with E-state index in [-0.39, 0.29) is 29.7 Å². The van der Waals surface area contributed by atoms with Crippen LogP contribution < -0.4 is 16.3 Å². The second kappa shape index (κ2) is 13.3. The number of rotatable bonds is 11. The van der Waals surface area contributed by atoms with Crippen molar-refractivity contribution in [2.24, 2.45) is 4.99 Å². The van der Waals surface area contributed by atoms with Crippen molar-refractivity contribution in [2.45, 2.75) is 90.8 Å². The van der Waals surface area contributed by atoms with E-state index < -0.39 is 5.60 Å². The van der Waals surface area contributed by atoms with Crippen LogP contribution >= 0.6 is 24.0 Å². The van der Waals surface area contributed by atoms with Crippen LogP contribution in [0.3, 0.4) is 0 Å². The zero-order chi connectivity index (χ0) is 20.4. The average molecular weight is 522 g/mol. The molecule has 0 radical (unpaired) electrons. The van der Waals surface area contributed by atoms with Crippen LogP contribution in [0.1, 0.15) is 71.5 Å². The van der Waals surface area contributed by atoms with E-state index in [2.05, 4.69) is 34.6 Å². The number of nitrogens with one attached hydrogen (secondary N) is 2. The molecular formula is C20H39IN6O2. The number of aliphatic hydroxyl groups is 1. The lowest BCUT2D eigenvalue weighted by Crippen LogP contribution is -2.40. The van der Waals surface area contributed by atoms with Gasteiger partial charge in [-0.15, -0.1) is 24.0 Å². The fourth-order valence-electron chi connectivity index (χ4n) is 3.81. The molecule has 8 nitrogen and oxygen atoms in total. The van der Waals surface area contributed by atoms with Gasteiger partial charge in [0.15, 0.2) is 5.96 Å². The summed E-state index contributed by atoms with van der Waals surface area (Å²) in [5.74, 6) is 1.63. The molecule has 0 spiro atoms. The topological polar surface area (TPSA) is 96.5 Å². The van der Waals surface area contributed by atoms with E-state index in [4.69, 9.17) is 0 Å². The maximum Gasteiger partial charge on any atom is 0.345 e. The van der Waals surface area contributed by atoms with Crippen molar-refractivity contribution in [3.8, 4) is 0 Å². The summed E-state index contributed by atoms with van der Waals surface area (Å²) >= 11 is 0. The fourth-order valence-corrected chi connectivity index (χ4v) is 3.81. The largest absolute Gasteiger partial charge is 0.388 e. The highest BCUT2D eigenvalue weighted by Crippen LogP contribution is 2.19. The van der Waals surface area contributed by atoms with E-state index >= 15 is 0 Å². The van der Waals surface area contributed by atoms with Gasteiger partial charge in [-0.2, -0.15) is 5.10 Å². The van der Waals surface area contributed by atoms with Crippen molar-refractivity contribution in [3.63, 3.8) is 0 Å².